The van der Waals surface area contributed by atoms with Gasteiger partial charge in [-0.2, -0.15) is 0 Å². The summed E-state index contributed by atoms with van der Waals surface area (Å²) >= 11 is 0. The molecule has 226 valence electrons. The molecule has 0 unspecified atom stereocenters. The Balaban J connectivity index is 0.000000145. The quantitative estimate of drug-likeness (QED) is 0.233. The van der Waals surface area contributed by atoms with E-state index in [1.807, 2.05) is 31.2 Å². The molecule has 2 amide bonds. The van der Waals surface area contributed by atoms with Gasteiger partial charge in [0.2, 0.25) is 0 Å². The molecule has 2 aliphatic heterocycles. The van der Waals surface area contributed by atoms with Gasteiger partial charge in [-0.25, -0.2) is 4.39 Å². The first-order valence-electron chi connectivity index (χ1n) is 15.1. The van der Waals surface area contributed by atoms with Crippen LogP contribution in [0.15, 0.2) is 84.9 Å². The van der Waals surface area contributed by atoms with E-state index in [-0.39, 0.29) is 17.6 Å². The molecule has 2 aromatic heterocycles. The Morgan fingerprint density at radius 1 is 0.644 bits per heavy atom. The molecule has 0 saturated heterocycles. The van der Waals surface area contributed by atoms with Crippen molar-refractivity contribution in [1.29, 1.82) is 0 Å². The van der Waals surface area contributed by atoms with E-state index in [4.69, 9.17) is 4.74 Å². The Morgan fingerprint density at radius 3 is 1.53 bits per heavy atom. The van der Waals surface area contributed by atoms with Gasteiger partial charge in [0.25, 0.3) is 11.8 Å². The molecule has 8 rings (SSSR count). The van der Waals surface area contributed by atoms with Crippen LogP contribution in [0.2, 0.25) is 0 Å². The van der Waals surface area contributed by atoms with Crippen LogP contribution in [-0.2, 0) is 13.1 Å². The minimum Gasteiger partial charge on any atom is -0.497 e. The third kappa shape index (κ3) is 5.12. The number of methoxy groups -OCH3 is 1. The summed E-state index contributed by atoms with van der Waals surface area (Å²) < 4.78 is 22.6. The van der Waals surface area contributed by atoms with Crippen molar-refractivity contribution in [2.24, 2.45) is 0 Å². The van der Waals surface area contributed by atoms with Crippen LogP contribution in [0, 0.1) is 19.7 Å². The van der Waals surface area contributed by atoms with E-state index in [0.29, 0.717) is 18.8 Å². The van der Waals surface area contributed by atoms with Crippen LogP contribution in [0.3, 0.4) is 0 Å². The predicted molar refractivity (Wildman–Crippen MR) is 175 cm³/mol. The lowest BCUT2D eigenvalue weighted by Gasteiger charge is -2.18. The molecule has 0 fully saturated rings. The maximum atomic E-state index is 13.2. The number of aromatic nitrogens is 2. The molecule has 0 saturated carbocycles. The van der Waals surface area contributed by atoms with Crippen molar-refractivity contribution >= 4 is 33.6 Å². The van der Waals surface area contributed by atoms with Crippen molar-refractivity contribution in [3.8, 4) is 28.0 Å². The molecule has 0 aliphatic carbocycles. The highest BCUT2D eigenvalue weighted by Gasteiger charge is 2.23. The van der Waals surface area contributed by atoms with Crippen molar-refractivity contribution in [2.45, 2.75) is 26.9 Å². The Hall–Kier alpha value is -5.37. The molecule has 0 radical (unpaired) electrons. The number of hydrogen-bond acceptors (Lipinski definition) is 3. The molecular formula is C37H33FN4O3. The van der Waals surface area contributed by atoms with Crippen LogP contribution >= 0.6 is 0 Å². The third-order valence-corrected chi connectivity index (χ3v) is 8.54. The number of ether oxygens (including phenoxy) is 1. The van der Waals surface area contributed by atoms with Gasteiger partial charge in [0.05, 0.1) is 18.1 Å². The molecule has 6 aromatic rings. The lowest BCUT2D eigenvalue weighted by atomic mass is 10.00. The molecule has 2 N–H and O–H groups in total. The van der Waals surface area contributed by atoms with E-state index in [1.165, 1.54) is 17.7 Å². The van der Waals surface area contributed by atoms with Gasteiger partial charge in [0.15, 0.2) is 0 Å². The van der Waals surface area contributed by atoms with Crippen molar-refractivity contribution in [3.05, 3.63) is 113 Å². The Morgan fingerprint density at radius 2 is 1.09 bits per heavy atom. The first-order chi connectivity index (χ1) is 21.8. The van der Waals surface area contributed by atoms with Gasteiger partial charge in [0.1, 0.15) is 23.0 Å². The van der Waals surface area contributed by atoms with Gasteiger partial charge in [-0.05, 0) is 96.8 Å². The number of nitrogens with zero attached hydrogens (tertiary/aromatic N) is 2. The number of nitrogens with one attached hydrogen (secondary N) is 2. The third-order valence-electron chi connectivity index (χ3n) is 8.54. The van der Waals surface area contributed by atoms with E-state index in [2.05, 4.69) is 63.1 Å². The fraction of sp³-hybridized carbons (Fsp3) is 0.189. The SMILES string of the molecule is COc1ccc(-c2cc(C)cc3cc4n(c23)CCNC4=O)cc1.Cc1cc(-c2ccc(F)cc2)c2c(c1)cc1n2CCNC1=O. The molecular weight excluding hydrogens is 567 g/mol. The summed E-state index contributed by atoms with van der Waals surface area (Å²) in [4.78, 5) is 24.2. The molecule has 7 nitrogen and oxygen atoms in total. The van der Waals surface area contributed by atoms with Crippen LogP contribution in [0.1, 0.15) is 32.1 Å². The van der Waals surface area contributed by atoms with E-state index < -0.39 is 0 Å². The number of rotatable bonds is 3. The zero-order valence-electron chi connectivity index (χ0n) is 25.4. The standard InChI is InChI=1S/C19H18N2O2.C18H15FN2O/c1-12-9-14-11-17-19(22)20-7-8-21(17)18(14)16(10-12)13-3-5-15(23-2)6-4-13;1-11-8-13-10-16-18(22)20-6-7-21(16)17(13)15(9-11)12-2-4-14(19)5-3-12/h3-6,9-11H,7-8H2,1-2H3,(H,20,22);2-5,8-10H,6-7H2,1H3,(H,20,22). The van der Waals surface area contributed by atoms with Crippen molar-refractivity contribution in [3.63, 3.8) is 0 Å². The summed E-state index contributed by atoms with van der Waals surface area (Å²) in [6, 6.07) is 27.0. The fourth-order valence-electron chi connectivity index (χ4n) is 6.55. The number of aryl methyl sites for hydroxylation is 2. The minimum atomic E-state index is -0.246. The second-order valence-corrected chi connectivity index (χ2v) is 11.6. The highest BCUT2D eigenvalue weighted by molar-refractivity contribution is 6.05. The fourth-order valence-corrected chi connectivity index (χ4v) is 6.55. The summed E-state index contributed by atoms with van der Waals surface area (Å²) in [5.41, 5.74) is 10.2. The molecule has 0 atom stereocenters. The van der Waals surface area contributed by atoms with Crippen LogP contribution in [0.5, 0.6) is 5.75 Å². The summed E-state index contributed by atoms with van der Waals surface area (Å²) in [5.74, 6) is 0.564. The molecule has 0 bridgehead atoms. The monoisotopic (exact) mass is 600 g/mol. The smallest absolute Gasteiger partial charge is 0.268 e. The van der Waals surface area contributed by atoms with E-state index in [0.717, 1.165) is 74.2 Å². The molecule has 4 heterocycles. The maximum absolute atomic E-state index is 13.2. The average Bonchev–Trinajstić information content (AvgIpc) is 3.61. The first-order valence-corrected chi connectivity index (χ1v) is 15.1. The van der Waals surface area contributed by atoms with E-state index in [9.17, 15) is 14.0 Å². The number of benzene rings is 4. The molecule has 45 heavy (non-hydrogen) atoms. The maximum Gasteiger partial charge on any atom is 0.268 e. The minimum absolute atomic E-state index is 0.00536. The van der Waals surface area contributed by atoms with Crippen molar-refractivity contribution in [1.82, 2.24) is 19.8 Å². The zero-order valence-corrected chi connectivity index (χ0v) is 25.4. The van der Waals surface area contributed by atoms with Gasteiger partial charge in [-0.15, -0.1) is 0 Å². The number of amides is 2. The second kappa shape index (κ2) is 11.3. The van der Waals surface area contributed by atoms with Crippen LogP contribution in [0.4, 0.5) is 4.39 Å². The van der Waals surface area contributed by atoms with Crippen LogP contribution < -0.4 is 15.4 Å². The molecule has 8 heteroatoms. The van der Waals surface area contributed by atoms with Crippen LogP contribution in [-0.4, -0.2) is 41.1 Å². The topological polar surface area (TPSA) is 77.3 Å². The van der Waals surface area contributed by atoms with Gasteiger partial charge in [-0.1, -0.05) is 24.3 Å². The Labute approximate surface area is 260 Å². The Kier molecular flexibility index (Phi) is 7.12. The number of hydrogen-bond donors (Lipinski definition) is 2. The normalized spacial score (nSPS) is 13.9. The van der Waals surface area contributed by atoms with Crippen LogP contribution in [0.25, 0.3) is 44.1 Å². The lowest BCUT2D eigenvalue weighted by molar-refractivity contribution is 0.0921. The predicted octanol–water partition coefficient (Wildman–Crippen LogP) is 6.87. The average molecular weight is 601 g/mol. The largest absolute Gasteiger partial charge is 0.497 e. The number of halogens is 1. The Bertz CT molecular complexity index is 2110. The van der Waals surface area contributed by atoms with Gasteiger partial charge >= 0.3 is 0 Å². The zero-order chi connectivity index (χ0) is 31.2. The number of carbonyl (C=O) groups is 2. The number of carbonyl (C=O) groups excluding carboxylic acids is 2. The highest BCUT2D eigenvalue weighted by atomic mass is 19.1. The summed E-state index contributed by atoms with van der Waals surface area (Å²) in [5, 5.41) is 7.94. The molecule has 4 aromatic carbocycles. The first kappa shape index (κ1) is 28.4. The van der Waals surface area contributed by atoms with Crippen molar-refractivity contribution in [2.75, 3.05) is 20.2 Å². The summed E-state index contributed by atoms with van der Waals surface area (Å²) in [6.45, 7) is 6.98. The van der Waals surface area contributed by atoms with Crippen molar-refractivity contribution < 1.29 is 18.7 Å². The summed E-state index contributed by atoms with van der Waals surface area (Å²) in [6.07, 6.45) is 0. The van der Waals surface area contributed by atoms with Gasteiger partial charge in [-0.3, -0.25) is 9.59 Å². The summed E-state index contributed by atoms with van der Waals surface area (Å²) in [7, 11) is 1.67. The second-order valence-electron chi connectivity index (χ2n) is 11.6. The highest BCUT2D eigenvalue weighted by Crippen LogP contribution is 2.35. The van der Waals surface area contributed by atoms with Gasteiger partial charge < -0.3 is 24.5 Å². The lowest BCUT2D eigenvalue weighted by Crippen LogP contribution is -2.34. The van der Waals surface area contributed by atoms with E-state index >= 15 is 0 Å². The number of fused-ring (bicyclic) bond motifs is 6. The molecule has 2 aliphatic rings. The molecule has 0 spiro atoms. The van der Waals surface area contributed by atoms with Gasteiger partial charge in [0, 0.05) is 48.1 Å². The van der Waals surface area contributed by atoms with E-state index in [1.54, 1.807) is 19.2 Å².